The first kappa shape index (κ1) is 26.1. The van der Waals surface area contributed by atoms with E-state index >= 15 is 0 Å². The number of rotatable bonds is 13. The zero-order chi connectivity index (χ0) is 24.2. The average molecular weight is 524 g/mol. The Kier molecular flexibility index (Phi) is 10.7. The second-order valence-electron chi connectivity index (χ2n) is 8.76. The lowest BCUT2D eigenvalue weighted by Gasteiger charge is -2.09. The number of aromatic nitrogens is 2. The molecule has 4 nitrogen and oxygen atoms in total. The highest BCUT2D eigenvalue weighted by Crippen LogP contribution is 2.24. The molecule has 0 aliphatic heterocycles. The Bertz CT molecular complexity index is 1030. The minimum Gasteiger partial charge on any atom is -0.423 e. The number of benzene rings is 2. The van der Waals surface area contributed by atoms with Crippen molar-refractivity contribution in [3.05, 3.63) is 76.0 Å². The molecule has 0 atom stereocenters. The van der Waals surface area contributed by atoms with Crippen LogP contribution in [0.1, 0.15) is 86.7 Å². The summed E-state index contributed by atoms with van der Waals surface area (Å²) in [5.74, 6) is 0.810. The maximum absolute atomic E-state index is 12.6. The molecule has 0 spiro atoms. The summed E-state index contributed by atoms with van der Waals surface area (Å²) in [7, 11) is 0. The van der Waals surface area contributed by atoms with Gasteiger partial charge in [-0.05, 0) is 73.2 Å². The molecule has 0 aliphatic carbocycles. The van der Waals surface area contributed by atoms with E-state index in [1.165, 1.54) is 56.1 Å². The monoisotopic (exact) mass is 522 g/mol. The van der Waals surface area contributed by atoms with E-state index in [0.29, 0.717) is 17.1 Å². The van der Waals surface area contributed by atoms with Gasteiger partial charge in [0.05, 0.1) is 5.56 Å². The minimum atomic E-state index is -0.366. The molecular formula is C29H35BrN2O2. The number of hydrogen-bond acceptors (Lipinski definition) is 4. The molecule has 0 N–H and O–H groups in total. The highest BCUT2D eigenvalue weighted by Gasteiger charge is 2.12. The zero-order valence-corrected chi connectivity index (χ0v) is 21.9. The SMILES string of the molecule is CCCCCCc1cnc(-c2ccc(OC(=O)c3ccc(CCCCCC)c(Br)c3)cc2)nc1. The van der Waals surface area contributed by atoms with Crippen molar-refractivity contribution < 1.29 is 9.53 Å². The topological polar surface area (TPSA) is 52.1 Å². The van der Waals surface area contributed by atoms with Gasteiger partial charge >= 0.3 is 5.97 Å². The smallest absolute Gasteiger partial charge is 0.343 e. The highest BCUT2D eigenvalue weighted by molar-refractivity contribution is 9.10. The predicted molar refractivity (Wildman–Crippen MR) is 142 cm³/mol. The van der Waals surface area contributed by atoms with Crippen LogP contribution in [0.3, 0.4) is 0 Å². The maximum atomic E-state index is 12.6. The van der Waals surface area contributed by atoms with Crippen LogP contribution in [-0.2, 0) is 12.8 Å². The van der Waals surface area contributed by atoms with E-state index in [1.54, 1.807) is 12.1 Å². The van der Waals surface area contributed by atoms with Gasteiger partial charge in [0.15, 0.2) is 5.82 Å². The normalized spacial score (nSPS) is 10.9. The molecule has 0 unspecified atom stereocenters. The Hall–Kier alpha value is -2.53. The quantitative estimate of drug-likeness (QED) is 0.128. The third-order valence-corrected chi connectivity index (χ3v) is 6.67. The number of unbranched alkanes of at least 4 members (excludes halogenated alkanes) is 6. The van der Waals surface area contributed by atoms with E-state index in [0.717, 1.165) is 29.3 Å². The fraction of sp³-hybridized carbons (Fsp3) is 0.414. The molecule has 34 heavy (non-hydrogen) atoms. The molecule has 3 aromatic rings. The lowest BCUT2D eigenvalue weighted by molar-refractivity contribution is 0.0734. The van der Waals surface area contributed by atoms with Gasteiger partial charge in [0.1, 0.15) is 5.75 Å². The Morgan fingerprint density at radius 1 is 0.824 bits per heavy atom. The molecule has 1 heterocycles. The van der Waals surface area contributed by atoms with Gasteiger partial charge in [0.2, 0.25) is 0 Å². The summed E-state index contributed by atoms with van der Waals surface area (Å²) >= 11 is 3.61. The van der Waals surface area contributed by atoms with Crippen LogP contribution in [0.5, 0.6) is 5.75 Å². The van der Waals surface area contributed by atoms with Crippen molar-refractivity contribution >= 4 is 21.9 Å². The van der Waals surface area contributed by atoms with Crippen molar-refractivity contribution in [2.45, 2.75) is 78.1 Å². The predicted octanol–water partition coefficient (Wildman–Crippen LogP) is 8.37. The van der Waals surface area contributed by atoms with Gasteiger partial charge in [-0.3, -0.25) is 0 Å². The lowest BCUT2D eigenvalue weighted by atomic mass is 10.0. The fourth-order valence-corrected chi connectivity index (χ4v) is 4.42. The van der Waals surface area contributed by atoms with Crippen molar-refractivity contribution in [3.63, 3.8) is 0 Å². The molecule has 0 amide bonds. The Morgan fingerprint density at radius 2 is 1.47 bits per heavy atom. The number of ether oxygens (including phenoxy) is 1. The first-order valence-corrected chi connectivity index (χ1v) is 13.3. The molecule has 0 bridgehead atoms. The molecule has 3 rings (SSSR count). The van der Waals surface area contributed by atoms with Crippen LogP contribution < -0.4 is 4.74 Å². The molecule has 5 heteroatoms. The standard InChI is InChI=1S/C29H35BrN2O2/c1-3-5-7-9-11-22-20-31-28(32-21-22)24-15-17-26(18-16-24)34-29(33)25-14-13-23(27(30)19-25)12-10-8-6-4-2/h13-21H,3-12H2,1-2H3. The van der Waals surface area contributed by atoms with Gasteiger partial charge in [0.25, 0.3) is 0 Å². The average Bonchev–Trinajstić information content (AvgIpc) is 2.86. The van der Waals surface area contributed by atoms with Crippen molar-refractivity contribution in [2.24, 2.45) is 0 Å². The van der Waals surface area contributed by atoms with Gasteiger partial charge in [-0.2, -0.15) is 0 Å². The van der Waals surface area contributed by atoms with Crippen LogP contribution in [0.25, 0.3) is 11.4 Å². The van der Waals surface area contributed by atoms with Crippen molar-refractivity contribution in [3.8, 4) is 17.1 Å². The summed E-state index contributed by atoms with van der Waals surface area (Å²) in [6, 6.07) is 13.0. The number of aryl methyl sites for hydroxylation is 2. The molecule has 0 fully saturated rings. The van der Waals surface area contributed by atoms with Crippen LogP contribution in [0.15, 0.2) is 59.3 Å². The summed E-state index contributed by atoms with van der Waals surface area (Å²) in [6.45, 7) is 4.43. The van der Waals surface area contributed by atoms with E-state index in [4.69, 9.17) is 4.74 Å². The van der Waals surface area contributed by atoms with Gasteiger partial charge < -0.3 is 4.74 Å². The maximum Gasteiger partial charge on any atom is 0.343 e. The summed E-state index contributed by atoms with van der Waals surface area (Å²) in [4.78, 5) is 21.7. The number of esters is 1. The fourth-order valence-electron chi connectivity index (χ4n) is 3.85. The van der Waals surface area contributed by atoms with Gasteiger partial charge in [-0.1, -0.05) is 74.4 Å². The van der Waals surface area contributed by atoms with Crippen molar-refractivity contribution in [2.75, 3.05) is 0 Å². The Balaban J connectivity index is 1.55. The number of halogens is 1. The first-order chi connectivity index (χ1) is 16.6. The van der Waals surface area contributed by atoms with Crippen LogP contribution in [0, 0.1) is 0 Å². The Labute approximate surface area is 212 Å². The largest absolute Gasteiger partial charge is 0.423 e. The van der Waals surface area contributed by atoms with Gasteiger partial charge in [-0.15, -0.1) is 0 Å². The molecule has 0 aliphatic rings. The summed E-state index contributed by atoms with van der Waals surface area (Å²) < 4.78 is 6.54. The second-order valence-corrected chi connectivity index (χ2v) is 9.61. The summed E-state index contributed by atoms with van der Waals surface area (Å²) in [6.07, 6.45) is 15.7. The molecule has 0 saturated carbocycles. The number of nitrogens with zero attached hydrogens (tertiary/aromatic N) is 2. The molecule has 0 radical (unpaired) electrons. The molecular weight excluding hydrogens is 488 g/mol. The van der Waals surface area contributed by atoms with Crippen molar-refractivity contribution in [1.82, 2.24) is 9.97 Å². The van der Waals surface area contributed by atoms with E-state index in [2.05, 4.69) is 39.7 Å². The minimum absolute atomic E-state index is 0.366. The van der Waals surface area contributed by atoms with Crippen molar-refractivity contribution in [1.29, 1.82) is 0 Å². The Morgan fingerprint density at radius 3 is 2.09 bits per heavy atom. The van der Waals surface area contributed by atoms with E-state index < -0.39 is 0 Å². The first-order valence-electron chi connectivity index (χ1n) is 12.5. The van der Waals surface area contributed by atoms with Crippen LogP contribution in [0.4, 0.5) is 0 Å². The van der Waals surface area contributed by atoms with Crippen LogP contribution in [0.2, 0.25) is 0 Å². The van der Waals surface area contributed by atoms with E-state index in [1.807, 2.05) is 42.7 Å². The molecule has 1 aromatic heterocycles. The van der Waals surface area contributed by atoms with Gasteiger partial charge in [0, 0.05) is 22.4 Å². The zero-order valence-electron chi connectivity index (χ0n) is 20.4. The summed E-state index contributed by atoms with van der Waals surface area (Å²) in [5, 5.41) is 0. The highest BCUT2D eigenvalue weighted by atomic mass is 79.9. The van der Waals surface area contributed by atoms with Gasteiger partial charge in [-0.25, -0.2) is 14.8 Å². The number of hydrogen-bond donors (Lipinski definition) is 0. The lowest BCUT2D eigenvalue weighted by Crippen LogP contribution is -2.08. The molecule has 0 saturated heterocycles. The number of carbonyl (C=O) groups is 1. The second kappa shape index (κ2) is 14.0. The molecule has 180 valence electrons. The van der Waals surface area contributed by atoms with E-state index in [9.17, 15) is 4.79 Å². The van der Waals surface area contributed by atoms with Crippen LogP contribution in [-0.4, -0.2) is 15.9 Å². The third-order valence-electron chi connectivity index (χ3n) is 5.94. The van der Waals surface area contributed by atoms with Crippen LogP contribution >= 0.6 is 15.9 Å². The molecule has 2 aromatic carbocycles. The van der Waals surface area contributed by atoms with E-state index in [-0.39, 0.29) is 5.97 Å². The summed E-state index contributed by atoms with van der Waals surface area (Å²) in [5.41, 5.74) is 3.83. The number of carbonyl (C=O) groups excluding carboxylic acids is 1. The third kappa shape index (κ3) is 8.05.